The van der Waals surface area contributed by atoms with Crippen molar-refractivity contribution < 1.29 is 4.74 Å². The summed E-state index contributed by atoms with van der Waals surface area (Å²) in [6, 6.07) is 6.66. The van der Waals surface area contributed by atoms with Gasteiger partial charge in [0.05, 0.1) is 6.61 Å². The normalized spacial score (nSPS) is 28.6. The van der Waals surface area contributed by atoms with Gasteiger partial charge in [-0.15, -0.1) is 0 Å². The highest BCUT2D eigenvalue weighted by molar-refractivity contribution is 9.09. The molecule has 86 valence electrons. The highest BCUT2D eigenvalue weighted by atomic mass is 79.9. The lowest BCUT2D eigenvalue weighted by Crippen LogP contribution is -2.17. The van der Waals surface area contributed by atoms with E-state index in [0.717, 1.165) is 13.0 Å². The van der Waals surface area contributed by atoms with Crippen molar-refractivity contribution in [2.75, 3.05) is 6.61 Å². The van der Waals surface area contributed by atoms with Crippen LogP contribution in [-0.4, -0.2) is 11.4 Å². The van der Waals surface area contributed by atoms with Crippen LogP contribution in [0.4, 0.5) is 0 Å². The second kappa shape index (κ2) is 4.40. The summed E-state index contributed by atoms with van der Waals surface area (Å²) in [5.74, 6) is 1.85. The van der Waals surface area contributed by atoms with Crippen LogP contribution in [0.5, 0.6) is 5.75 Å². The Hall–Kier alpha value is -0.500. The zero-order chi connectivity index (χ0) is 11.0. The first kappa shape index (κ1) is 10.6. The zero-order valence-electron chi connectivity index (χ0n) is 9.42. The van der Waals surface area contributed by atoms with Gasteiger partial charge in [-0.25, -0.2) is 0 Å². The second-order valence-electron chi connectivity index (χ2n) is 4.84. The molecule has 3 rings (SSSR count). The van der Waals surface area contributed by atoms with Gasteiger partial charge >= 0.3 is 0 Å². The first-order valence-electron chi connectivity index (χ1n) is 6.25. The minimum atomic E-state index is 0.636. The molecular weight excluding hydrogens is 264 g/mol. The van der Waals surface area contributed by atoms with E-state index < -0.39 is 0 Å². The van der Waals surface area contributed by atoms with Gasteiger partial charge in [-0.1, -0.05) is 47.0 Å². The quantitative estimate of drug-likeness (QED) is 0.706. The average Bonchev–Trinajstić information content (AvgIpc) is 2.77. The number of alkyl halides is 1. The summed E-state index contributed by atoms with van der Waals surface area (Å²) in [5, 5.41) is 0. The molecule has 1 aromatic rings. The van der Waals surface area contributed by atoms with Crippen LogP contribution in [0.15, 0.2) is 18.2 Å². The molecule has 0 bridgehead atoms. The number of halogens is 1. The molecule has 0 N–H and O–H groups in total. The molecule has 0 amide bonds. The molecule has 1 heterocycles. The molecular formula is C14H17BrO. The molecule has 1 saturated carbocycles. The number of ether oxygens (including phenoxy) is 1. The van der Waals surface area contributed by atoms with Crippen LogP contribution in [0.2, 0.25) is 0 Å². The molecule has 0 radical (unpaired) electrons. The third-order valence-corrected chi connectivity index (χ3v) is 4.92. The van der Waals surface area contributed by atoms with Gasteiger partial charge in [0.2, 0.25) is 0 Å². The third-order valence-electron chi connectivity index (χ3n) is 3.83. The second-order valence-corrected chi connectivity index (χ2v) is 6.02. The molecule has 1 aromatic carbocycles. The molecule has 2 unspecified atom stereocenters. The van der Waals surface area contributed by atoms with Crippen LogP contribution in [0.1, 0.15) is 42.7 Å². The van der Waals surface area contributed by atoms with E-state index in [2.05, 4.69) is 34.1 Å². The van der Waals surface area contributed by atoms with Crippen LogP contribution in [-0.2, 0) is 6.42 Å². The van der Waals surface area contributed by atoms with Gasteiger partial charge in [-0.3, -0.25) is 0 Å². The summed E-state index contributed by atoms with van der Waals surface area (Å²) >= 11 is 3.84. The van der Waals surface area contributed by atoms with Gasteiger partial charge in [0.1, 0.15) is 5.75 Å². The van der Waals surface area contributed by atoms with Crippen LogP contribution in [0.25, 0.3) is 0 Å². The van der Waals surface area contributed by atoms with E-state index in [-0.39, 0.29) is 0 Å². The first-order chi connectivity index (χ1) is 7.86. The maximum atomic E-state index is 5.81. The van der Waals surface area contributed by atoms with Crippen molar-refractivity contribution in [2.24, 2.45) is 0 Å². The highest BCUT2D eigenvalue weighted by Gasteiger charge is 2.28. The number of fused-ring (bicyclic) bond motifs is 1. The van der Waals surface area contributed by atoms with Gasteiger partial charge in [0.15, 0.2) is 0 Å². The Morgan fingerprint density at radius 1 is 1.19 bits per heavy atom. The predicted octanol–water partition coefficient (Wildman–Crippen LogP) is 4.04. The molecule has 1 fully saturated rings. The fourth-order valence-electron chi connectivity index (χ4n) is 2.97. The summed E-state index contributed by atoms with van der Waals surface area (Å²) in [7, 11) is 0. The zero-order valence-corrected chi connectivity index (χ0v) is 11.0. The van der Waals surface area contributed by atoms with Crippen molar-refractivity contribution in [3.05, 3.63) is 29.3 Å². The standard InChI is InChI=1S/C14H17BrO/c15-13-7-2-1-5-11(13)12-6-3-4-10-8-9-16-14(10)12/h3-4,6,11,13H,1-2,5,7-9H2. The van der Waals surface area contributed by atoms with E-state index in [1.807, 2.05) is 0 Å². The number of hydrogen-bond donors (Lipinski definition) is 0. The molecule has 1 nitrogen and oxygen atoms in total. The van der Waals surface area contributed by atoms with Crippen LogP contribution in [0, 0.1) is 0 Å². The SMILES string of the molecule is BrC1CCCCC1c1cccc2c1OCC2. The molecule has 2 heteroatoms. The minimum Gasteiger partial charge on any atom is -0.493 e. The summed E-state index contributed by atoms with van der Waals surface area (Å²) in [6.07, 6.45) is 6.41. The monoisotopic (exact) mass is 280 g/mol. The van der Waals surface area contributed by atoms with E-state index in [1.165, 1.54) is 42.6 Å². The predicted molar refractivity (Wildman–Crippen MR) is 69.6 cm³/mol. The Morgan fingerprint density at radius 2 is 2.06 bits per heavy atom. The third kappa shape index (κ3) is 1.77. The van der Waals surface area contributed by atoms with Gasteiger partial charge < -0.3 is 4.74 Å². The number of para-hydroxylation sites is 1. The van der Waals surface area contributed by atoms with Crippen LogP contribution < -0.4 is 4.74 Å². The van der Waals surface area contributed by atoms with Gasteiger partial charge in [0, 0.05) is 17.2 Å². The lowest BCUT2D eigenvalue weighted by atomic mass is 9.83. The van der Waals surface area contributed by atoms with Gasteiger partial charge in [0.25, 0.3) is 0 Å². The van der Waals surface area contributed by atoms with Crippen molar-refractivity contribution in [1.29, 1.82) is 0 Å². The molecule has 2 atom stereocenters. The largest absolute Gasteiger partial charge is 0.493 e. The van der Waals surface area contributed by atoms with Crippen molar-refractivity contribution in [2.45, 2.75) is 42.8 Å². The summed E-state index contributed by atoms with van der Waals surface area (Å²) in [5.41, 5.74) is 2.85. The highest BCUT2D eigenvalue weighted by Crippen LogP contribution is 2.43. The molecule has 2 aliphatic rings. The fourth-order valence-corrected chi connectivity index (χ4v) is 3.84. The fraction of sp³-hybridized carbons (Fsp3) is 0.571. The maximum Gasteiger partial charge on any atom is 0.126 e. The Bertz CT molecular complexity index is 388. The summed E-state index contributed by atoms with van der Waals surface area (Å²) in [4.78, 5) is 0.636. The van der Waals surface area contributed by atoms with E-state index >= 15 is 0 Å². The summed E-state index contributed by atoms with van der Waals surface area (Å²) in [6.45, 7) is 0.867. The van der Waals surface area contributed by atoms with E-state index in [4.69, 9.17) is 4.74 Å². The van der Waals surface area contributed by atoms with Gasteiger partial charge in [-0.2, -0.15) is 0 Å². The first-order valence-corrected chi connectivity index (χ1v) is 7.16. The molecule has 16 heavy (non-hydrogen) atoms. The van der Waals surface area contributed by atoms with Crippen molar-refractivity contribution >= 4 is 15.9 Å². The molecule has 0 spiro atoms. The average molecular weight is 281 g/mol. The lowest BCUT2D eigenvalue weighted by Gasteiger charge is -2.28. The van der Waals surface area contributed by atoms with Crippen molar-refractivity contribution in [3.8, 4) is 5.75 Å². The minimum absolute atomic E-state index is 0.636. The van der Waals surface area contributed by atoms with Crippen LogP contribution >= 0.6 is 15.9 Å². The number of rotatable bonds is 1. The molecule has 0 aromatic heterocycles. The van der Waals surface area contributed by atoms with Crippen molar-refractivity contribution in [1.82, 2.24) is 0 Å². The van der Waals surface area contributed by atoms with Crippen LogP contribution in [0.3, 0.4) is 0 Å². The Morgan fingerprint density at radius 3 is 2.94 bits per heavy atom. The van der Waals surface area contributed by atoms with E-state index in [1.54, 1.807) is 0 Å². The lowest BCUT2D eigenvalue weighted by molar-refractivity contribution is 0.346. The topological polar surface area (TPSA) is 9.23 Å². The number of benzene rings is 1. The van der Waals surface area contributed by atoms with Crippen molar-refractivity contribution in [3.63, 3.8) is 0 Å². The maximum absolute atomic E-state index is 5.81. The Balaban J connectivity index is 1.96. The van der Waals surface area contributed by atoms with Gasteiger partial charge in [-0.05, 0) is 24.0 Å². The Kier molecular flexibility index (Phi) is 2.93. The molecule has 1 aliphatic carbocycles. The van der Waals surface area contributed by atoms with E-state index in [0.29, 0.717) is 10.7 Å². The Labute approximate surface area is 105 Å². The summed E-state index contributed by atoms with van der Waals surface area (Å²) < 4.78 is 5.81. The number of hydrogen-bond acceptors (Lipinski definition) is 1. The molecule has 1 aliphatic heterocycles. The smallest absolute Gasteiger partial charge is 0.126 e. The molecule has 0 saturated heterocycles. The van der Waals surface area contributed by atoms with E-state index in [9.17, 15) is 0 Å².